The van der Waals surface area contributed by atoms with Gasteiger partial charge >= 0.3 is 5.97 Å². The Kier molecular flexibility index (Phi) is 10.3. The Balaban J connectivity index is 0. The fourth-order valence-electron chi connectivity index (χ4n) is 0.461. The van der Waals surface area contributed by atoms with Crippen LogP contribution < -0.4 is 11.5 Å². The van der Waals surface area contributed by atoms with Gasteiger partial charge < -0.3 is 16.6 Å². The van der Waals surface area contributed by atoms with E-state index in [0.29, 0.717) is 19.4 Å². The van der Waals surface area contributed by atoms with E-state index in [1.807, 2.05) is 0 Å². The molecule has 4 nitrogen and oxygen atoms in total. The molecule has 0 saturated carbocycles. The Bertz CT molecular complexity index is 99.6. The van der Waals surface area contributed by atoms with Crippen molar-refractivity contribution < 1.29 is 9.90 Å². The van der Waals surface area contributed by atoms with Crippen LogP contribution in [0.1, 0.15) is 12.8 Å². The smallest absolute Gasteiger partial charge is 0.320 e. The van der Waals surface area contributed by atoms with Crippen molar-refractivity contribution in [3.8, 4) is 0 Å². The molecule has 0 spiro atoms. The summed E-state index contributed by atoms with van der Waals surface area (Å²) in [5.41, 5.74) is 10.3. The largest absolute Gasteiger partial charge is 0.480 e. The standard InChI is InChI=1S/C5H12N2O2.Ca/c6-3-1-2-4(7)5(8)9;/h4H,1-3,6-7H2,(H,8,9);/t4-;/m0./s1. The fraction of sp³-hybridized carbons (Fsp3) is 0.800. The summed E-state index contributed by atoms with van der Waals surface area (Å²) in [5, 5.41) is 8.24. The number of rotatable bonds is 4. The summed E-state index contributed by atoms with van der Waals surface area (Å²) >= 11 is 0. The Hall–Kier alpha value is 0.650. The molecule has 5 N–H and O–H groups in total. The second kappa shape index (κ2) is 7.75. The first-order valence-corrected chi connectivity index (χ1v) is 2.87. The maximum Gasteiger partial charge on any atom is 0.320 e. The van der Waals surface area contributed by atoms with Crippen LogP contribution in [0.25, 0.3) is 0 Å². The van der Waals surface area contributed by atoms with Gasteiger partial charge in [-0.05, 0) is 19.4 Å². The average Bonchev–Trinajstić information content (AvgIpc) is 1.82. The van der Waals surface area contributed by atoms with E-state index in [2.05, 4.69) is 0 Å². The second-order valence-corrected chi connectivity index (χ2v) is 1.88. The van der Waals surface area contributed by atoms with Crippen LogP contribution in [0.5, 0.6) is 0 Å². The zero-order chi connectivity index (χ0) is 7.28. The van der Waals surface area contributed by atoms with Gasteiger partial charge in [-0.2, -0.15) is 0 Å². The van der Waals surface area contributed by atoms with E-state index in [1.54, 1.807) is 0 Å². The number of hydrogen-bond donors (Lipinski definition) is 3. The molecular formula is C5H12CaN2O2. The quantitative estimate of drug-likeness (QED) is 0.462. The van der Waals surface area contributed by atoms with Crippen molar-refractivity contribution >= 4 is 43.7 Å². The minimum Gasteiger partial charge on any atom is -0.480 e. The molecule has 0 aliphatic heterocycles. The van der Waals surface area contributed by atoms with Crippen molar-refractivity contribution in [2.45, 2.75) is 18.9 Å². The average molecular weight is 172 g/mol. The molecule has 0 aromatic heterocycles. The maximum absolute atomic E-state index is 10.0. The molecule has 0 bridgehead atoms. The van der Waals surface area contributed by atoms with Crippen LogP contribution in [-0.2, 0) is 4.79 Å². The molecule has 0 saturated heterocycles. The van der Waals surface area contributed by atoms with Gasteiger partial charge in [-0.15, -0.1) is 0 Å². The van der Waals surface area contributed by atoms with Gasteiger partial charge in [-0.25, -0.2) is 0 Å². The zero-order valence-electron chi connectivity index (χ0n) is 5.92. The molecule has 1 atom stereocenters. The Morgan fingerprint density at radius 2 is 2.10 bits per heavy atom. The number of hydrogen-bond acceptors (Lipinski definition) is 3. The van der Waals surface area contributed by atoms with Crippen molar-refractivity contribution in [2.75, 3.05) is 6.54 Å². The van der Waals surface area contributed by atoms with E-state index in [9.17, 15) is 4.79 Å². The van der Waals surface area contributed by atoms with Gasteiger partial charge in [0, 0.05) is 37.7 Å². The first kappa shape index (κ1) is 13.3. The molecule has 0 aliphatic carbocycles. The molecule has 0 heterocycles. The van der Waals surface area contributed by atoms with Gasteiger partial charge in [0.15, 0.2) is 0 Å². The van der Waals surface area contributed by atoms with E-state index in [4.69, 9.17) is 16.6 Å². The topological polar surface area (TPSA) is 89.3 Å². The van der Waals surface area contributed by atoms with Crippen LogP contribution in [0.3, 0.4) is 0 Å². The number of carbonyl (C=O) groups is 1. The maximum atomic E-state index is 10.0. The predicted molar refractivity (Wildman–Crippen MR) is 39.7 cm³/mol. The Morgan fingerprint density at radius 3 is 2.40 bits per heavy atom. The van der Waals surface area contributed by atoms with E-state index >= 15 is 0 Å². The molecule has 10 heavy (non-hydrogen) atoms. The first-order chi connectivity index (χ1) is 4.18. The van der Waals surface area contributed by atoms with E-state index < -0.39 is 12.0 Å². The van der Waals surface area contributed by atoms with Crippen LogP contribution >= 0.6 is 0 Å². The number of carboxylic acid groups (broad SMARTS) is 1. The van der Waals surface area contributed by atoms with E-state index in [-0.39, 0.29) is 37.7 Å². The molecule has 5 heteroatoms. The normalized spacial score (nSPS) is 11.8. The molecule has 0 aromatic rings. The van der Waals surface area contributed by atoms with Crippen molar-refractivity contribution in [1.29, 1.82) is 0 Å². The SMILES string of the molecule is NCCC[C@H](N)C(=O)O.[Ca]. The van der Waals surface area contributed by atoms with Crippen LogP contribution in [0.2, 0.25) is 0 Å². The van der Waals surface area contributed by atoms with E-state index in [1.165, 1.54) is 0 Å². The minimum absolute atomic E-state index is 0. The Labute approximate surface area is 90.0 Å². The van der Waals surface area contributed by atoms with Crippen molar-refractivity contribution in [3.05, 3.63) is 0 Å². The Morgan fingerprint density at radius 1 is 1.60 bits per heavy atom. The van der Waals surface area contributed by atoms with Gasteiger partial charge in [0.2, 0.25) is 0 Å². The third-order valence-electron chi connectivity index (χ3n) is 1.04. The predicted octanol–water partition coefficient (Wildman–Crippen LogP) is -1.24. The summed E-state index contributed by atoms with van der Waals surface area (Å²) in [7, 11) is 0. The van der Waals surface area contributed by atoms with Gasteiger partial charge in [-0.1, -0.05) is 0 Å². The summed E-state index contributed by atoms with van der Waals surface area (Å²) in [6.45, 7) is 0.501. The van der Waals surface area contributed by atoms with Crippen LogP contribution in [0, 0.1) is 0 Å². The molecule has 0 aromatic carbocycles. The number of nitrogens with two attached hydrogens (primary N) is 2. The minimum atomic E-state index is -0.955. The van der Waals surface area contributed by atoms with Crippen LogP contribution in [0.4, 0.5) is 0 Å². The molecular weight excluding hydrogens is 160 g/mol. The van der Waals surface area contributed by atoms with Crippen molar-refractivity contribution in [3.63, 3.8) is 0 Å². The fourth-order valence-corrected chi connectivity index (χ4v) is 0.461. The molecule has 56 valence electrons. The van der Waals surface area contributed by atoms with Crippen molar-refractivity contribution in [1.82, 2.24) is 0 Å². The van der Waals surface area contributed by atoms with Gasteiger partial charge in [0.25, 0.3) is 0 Å². The summed E-state index contributed by atoms with van der Waals surface area (Å²) in [5.74, 6) is -0.955. The molecule has 0 aliphatic rings. The zero-order valence-corrected chi connectivity index (χ0v) is 8.12. The first-order valence-electron chi connectivity index (χ1n) is 2.87. The number of carboxylic acids is 1. The molecule has 2 radical (unpaired) electrons. The summed E-state index contributed by atoms with van der Waals surface area (Å²) in [6, 6.07) is -0.742. The number of aliphatic carboxylic acids is 1. The molecule has 0 fully saturated rings. The van der Waals surface area contributed by atoms with Gasteiger partial charge in [0.1, 0.15) is 6.04 Å². The van der Waals surface area contributed by atoms with Gasteiger partial charge in [0.05, 0.1) is 0 Å². The van der Waals surface area contributed by atoms with E-state index in [0.717, 1.165) is 0 Å². The molecule has 0 amide bonds. The third-order valence-corrected chi connectivity index (χ3v) is 1.04. The van der Waals surface area contributed by atoms with Gasteiger partial charge in [-0.3, -0.25) is 4.79 Å². The molecule has 0 unspecified atom stereocenters. The van der Waals surface area contributed by atoms with Crippen LogP contribution in [0.15, 0.2) is 0 Å². The third kappa shape index (κ3) is 6.77. The molecule has 0 rings (SSSR count). The monoisotopic (exact) mass is 172 g/mol. The summed E-state index contributed by atoms with van der Waals surface area (Å²) in [6.07, 6.45) is 1.14. The summed E-state index contributed by atoms with van der Waals surface area (Å²) < 4.78 is 0. The summed E-state index contributed by atoms with van der Waals surface area (Å²) in [4.78, 5) is 10.0. The van der Waals surface area contributed by atoms with Crippen LogP contribution in [-0.4, -0.2) is 61.4 Å². The second-order valence-electron chi connectivity index (χ2n) is 1.88. The van der Waals surface area contributed by atoms with Crippen molar-refractivity contribution in [2.24, 2.45) is 11.5 Å².